The molecular weight excluding hydrogens is 212 g/mol. The van der Waals surface area contributed by atoms with E-state index in [1.54, 1.807) is 0 Å². The normalized spacial score (nSPS) is 21.3. The number of aromatic nitrogens is 2. The molecule has 4 nitrogen and oxygen atoms in total. The molecule has 4 heteroatoms. The molecule has 1 atom stereocenters. The van der Waals surface area contributed by atoms with Crippen molar-refractivity contribution in [2.75, 3.05) is 25.0 Å². The van der Waals surface area contributed by atoms with Crippen molar-refractivity contribution in [3.8, 4) is 0 Å². The van der Waals surface area contributed by atoms with Gasteiger partial charge in [-0.15, -0.1) is 0 Å². The van der Waals surface area contributed by atoms with Crippen LogP contribution < -0.4 is 10.2 Å². The van der Waals surface area contributed by atoms with Crippen molar-refractivity contribution >= 4 is 5.82 Å². The minimum absolute atomic E-state index is 0.783. The Morgan fingerprint density at radius 3 is 3.06 bits per heavy atom. The molecule has 1 N–H and O–H groups in total. The van der Waals surface area contributed by atoms with Gasteiger partial charge in [0.25, 0.3) is 0 Å². The van der Waals surface area contributed by atoms with Crippen LogP contribution in [0.2, 0.25) is 0 Å². The number of hydrogen-bond donors (Lipinski definition) is 1. The molecule has 1 aliphatic heterocycles. The smallest absolute Gasteiger partial charge is 0.147 e. The van der Waals surface area contributed by atoms with Gasteiger partial charge >= 0.3 is 0 Å². The summed E-state index contributed by atoms with van der Waals surface area (Å²) in [6, 6.07) is 0. The van der Waals surface area contributed by atoms with E-state index in [1.807, 2.05) is 19.4 Å². The first kappa shape index (κ1) is 12.3. The zero-order valence-electron chi connectivity index (χ0n) is 10.8. The van der Waals surface area contributed by atoms with Crippen LogP contribution in [0.4, 0.5) is 5.82 Å². The summed E-state index contributed by atoms with van der Waals surface area (Å²) in [5, 5.41) is 3.11. The van der Waals surface area contributed by atoms with Crippen LogP contribution >= 0.6 is 0 Å². The molecule has 1 saturated heterocycles. The Hall–Kier alpha value is -1.16. The van der Waals surface area contributed by atoms with E-state index in [2.05, 4.69) is 27.1 Å². The fraction of sp³-hybridized carbons (Fsp3) is 0.692. The van der Waals surface area contributed by atoms with Gasteiger partial charge in [0.15, 0.2) is 0 Å². The third-order valence-electron chi connectivity index (χ3n) is 3.37. The summed E-state index contributed by atoms with van der Waals surface area (Å²) in [5.74, 6) is 1.88. The average Bonchev–Trinajstić information content (AvgIpc) is 2.55. The molecule has 0 spiro atoms. The standard InChI is InChI=1S/C13H22N4/c1-11-4-3-6-17(7-5-11)13-10-15-9-12(16-13)8-14-2/h9-11,14H,3-8H2,1-2H3. The van der Waals surface area contributed by atoms with E-state index in [1.165, 1.54) is 19.3 Å². The largest absolute Gasteiger partial charge is 0.355 e. The molecule has 0 amide bonds. The molecule has 1 aromatic rings. The fourth-order valence-electron chi connectivity index (χ4n) is 2.31. The van der Waals surface area contributed by atoms with Crippen molar-refractivity contribution in [3.05, 3.63) is 18.1 Å². The van der Waals surface area contributed by atoms with Crippen molar-refractivity contribution in [2.24, 2.45) is 5.92 Å². The maximum Gasteiger partial charge on any atom is 0.147 e. The summed E-state index contributed by atoms with van der Waals surface area (Å²) in [6.45, 7) is 5.35. The van der Waals surface area contributed by atoms with Crippen molar-refractivity contribution in [2.45, 2.75) is 32.7 Å². The average molecular weight is 234 g/mol. The highest BCUT2D eigenvalue weighted by atomic mass is 15.2. The van der Waals surface area contributed by atoms with Gasteiger partial charge in [-0.2, -0.15) is 0 Å². The molecule has 1 unspecified atom stereocenters. The number of nitrogens with one attached hydrogen (secondary N) is 1. The second kappa shape index (κ2) is 5.96. The van der Waals surface area contributed by atoms with Gasteiger partial charge in [-0.05, 0) is 32.2 Å². The van der Waals surface area contributed by atoms with Gasteiger partial charge in [-0.3, -0.25) is 4.98 Å². The zero-order valence-corrected chi connectivity index (χ0v) is 10.8. The van der Waals surface area contributed by atoms with E-state index in [4.69, 9.17) is 0 Å². The summed E-state index contributed by atoms with van der Waals surface area (Å²) >= 11 is 0. The van der Waals surface area contributed by atoms with Crippen LogP contribution in [0, 0.1) is 5.92 Å². The van der Waals surface area contributed by atoms with Crippen molar-refractivity contribution in [3.63, 3.8) is 0 Å². The Labute approximate surface area is 103 Å². The minimum Gasteiger partial charge on any atom is -0.355 e. The van der Waals surface area contributed by atoms with Crippen LogP contribution in [0.3, 0.4) is 0 Å². The summed E-state index contributed by atoms with van der Waals surface area (Å²) in [7, 11) is 1.93. The summed E-state index contributed by atoms with van der Waals surface area (Å²) in [4.78, 5) is 11.3. The Bertz CT molecular complexity index is 353. The van der Waals surface area contributed by atoms with Crippen LogP contribution in [-0.4, -0.2) is 30.1 Å². The molecule has 1 fully saturated rings. The van der Waals surface area contributed by atoms with Crippen LogP contribution in [0.1, 0.15) is 31.9 Å². The van der Waals surface area contributed by atoms with Gasteiger partial charge in [0.2, 0.25) is 0 Å². The van der Waals surface area contributed by atoms with Gasteiger partial charge in [0, 0.05) is 25.8 Å². The predicted molar refractivity (Wildman–Crippen MR) is 70.0 cm³/mol. The molecule has 0 saturated carbocycles. The Balaban J connectivity index is 2.07. The third kappa shape index (κ3) is 3.40. The second-order valence-corrected chi connectivity index (χ2v) is 4.92. The number of anilines is 1. The molecule has 0 radical (unpaired) electrons. The van der Waals surface area contributed by atoms with E-state index < -0.39 is 0 Å². The lowest BCUT2D eigenvalue weighted by Crippen LogP contribution is -2.26. The lowest BCUT2D eigenvalue weighted by Gasteiger charge is -2.21. The van der Waals surface area contributed by atoms with E-state index in [9.17, 15) is 0 Å². The van der Waals surface area contributed by atoms with Gasteiger partial charge in [-0.1, -0.05) is 6.92 Å². The van der Waals surface area contributed by atoms with Crippen molar-refractivity contribution in [1.82, 2.24) is 15.3 Å². The van der Waals surface area contributed by atoms with Crippen LogP contribution in [0.15, 0.2) is 12.4 Å². The fourth-order valence-corrected chi connectivity index (χ4v) is 2.31. The molecule has 1 aliphatic rings. The highest BCUT2D eigenvalue weighted by Gasteiger charge is 2.15. The Kier molecular flexibility index (Phi) is 4.31. The summed E-state index contributed by atoms with van der Waals surface area (Å²) in [5.41, 5.74) is 1.02. The summed E-state index contributed by atoms with van der Waals surface area (Å²) in [6.07, 6.45) is 7.58. The van der Waals surface area contributed by atoms with Gasteiger partial charge in [0.1, 0.15) is 5.82 Å². The first-order valence-corrected chi connectivity index (χ1v) is 6.50. The third-order valence-corrected chi connectivity index (χ3v) is 3.37. The predicted octanol–water partition coefficient (Wildman–Crippen LogP) is 1.82. The topological polar surface area (TPSA) is 41.1 Å². The van der Waals surface area contributed by atoms with E-state index in [0.29, 0.717) is 0 Å². The van der Waals surface area contributed by atoms with Gasteiger partial charge in [0.05, 0.1) is 11.9 Å². The van der Waals surface area contributed by atoms with Crippen LogP contribution in [-0.2, 0) is 6.54 Å². The number of nitrogens with zero attached hydrogens (tertiary/aromatic N) is 3. The highest BCUT2D eigenvalue weighted by Crippen LogP contribution is 2.20. The number of rotatable bonds is 3. The van der Waals surface area contributed by atoms with Crippen molar-refractivity contribution in [1.29, 1.82) is 0 Å². The van der Waals surface area contributed by atoms with Gasteiger partial charge < -0.3 is 10.2 Å². The maximum atomic E-state index is 4.65. The van der Waals surface area contributed by atoms with Crippen LogP contribution in [0.5, 0.6) is 0 Å². The first-order valence-electron chi connectivity index (χ1n) is 6.50. The van der Waals surface area contributed by atoms with Crippen molar-refractivity contribution < 1.29 is 0 Å². The summed E-state index contributed by atoms with van der Waals surface area (Å²) < 4.78 is 0. The Morgan fingerprint density at radius 1 is 1.35 bits per heavy atom. The Morgan fingerprint density at radius 2 is 2.24 bits per heavy atom. The monoisotopic (exact) mass is 234 g/mol. The molecule has 2 heterocycles. The zero-order chi connectivity index (χ0) is 12.1. The van der Waals surface area contributed by atoms with Crippen LogP contribution in [0.25, 0.3) is 0 Å². The minimum atomic E-state index is 0.783. The molecule has 94 valence electrons. The number of hydrogen-bond acceptors (Lipinski definition) is 4. The highest BCUT2D eigenvalue weighted by molar-refractivity contribution is 5.36. The lowest BCUT2D eigenvalue weighted by atomic mass is 10.0. The molecule has 17 heavy (non-hydrogen) atoms. The molecule has 2 rings (SSSR count). The second-order valence-electron chi connectivity index (χ2n) is 4.92. The molecule has 0 aliphatic carbocycles. The van der Waals surface area contributed by atoms with E-state index in [0.717, 1.165) is 37.1 Å². The first-order chi connectivity index (χ1) is 8.29. The molecular formula is C13H22N4. The maximum absolute atomic E-state index is 4.65. The van der Waals surface area contributed by atoms with E-state index in [-0.39, 0.29) is 0 Å². The molecule has 1 aromatic heterocycles. The molecule has 0 aromatic carbocycles. The lowest BCUT2D eigenvalue weighted by molar-refractivity contribution is 0.521. The quantitative estimate of drug-likeness (QED) is 0.866. The van der Waals surface area contributed by atoms with E-state index >= 15 is 0 Å². The molecule has 0 bridgehead atoms. The van der Waals surface area contributed by atoms with Gasteiger partial charge in [-0.25, -0.2) is 4.98 Å². The SMILES string of the molecule is CNCc1cncc(N2CCCC(C)CC2)n1.